The highest BCUT2D eigenvalue weighted by atomic mass is 35.5. The van der Waals surface area contributed by atoms with E-state index in [4.69, 9.17) is 16.7 Å². The summed E-state index contributed by atoms with van der Waals surface area (Å²) in [6, 6.07) is 5.02. The first kappa shape index (κ1) is 9.34. The van der Waals surface area contributed by atoms with Crippen molar-refractivity contribution in [2.24, 2.45) is 0 Å². The third-order valence-corrected chi connectivity index (χ3v) is 2.82. The highest BCUT2D eigenvalue weighted by Gasteiger charge is 2.31. The number of halogens is 1. The summed E-state index contributed by atoms with van der Waals surface area (Å²) in [6.07, 6.45) is 0.529. The summed E-state index contributed by atoms with van der Waals surface area (Å²) < 4.78 is 0. The van der Waals surface area contributed by atoms with Gasteiger partial charge in [0.25, 0.3) is 0 Å². The molecular formula is C10H10ClNO2. The number of benzene rings is 1. The van der Waals surface area contributed by atoms with Crippen molar-refractivity contribution in [3.05, 3.63) is 28.8 Å². The first-order valence-electron chi connectivity index (χ1n) is 4.33. The van der Waals surface area contributed by atoms with Gasteiger partial charge in [-0.3, -0.25) is 0 Å². The van der Waals surface area contributed by atoms with E-state index in [2.05, 4.69) is 0 Å². The Labute approximate surface area is 86.9 Å². The van der Waals surface area contributed by atoms with Crippen molar-refractivity contribution in [3.8, 4) is 0 Å². The van der Waals surface area contributed by atoms with Crippen LogP contribution in [0.3, 0.4) is 0 Å². The van der Waals surface area contributed by atoms with Gasteiger partial charge in [0.15, 0.2) is 0 Å². The van der Waals surface area contributed by atoms with E-state index in [1.54, 1.807) is 18.0 Å². The lowest BCUT2D eigenvalue weighted by Crippen LogP contribution is -2.35. The summed E-state index contributed by atoms with van der Waals surface area (Å²) >= 11 is 5.83. The van der Waals surface area contributed by atoms with Crippen LogP contribution in [0.1, 0.15) is 5.56 Å². The van der Waals surface area contributed by atoms with E-state index in [1.165, 1.54) is 0 Å². The SMILES string of the molecule is CN1c2ccc(Cl)cc2CC1C(=O)O. The Kier molecular flexibility index (Phi) is 2.11. The average molecular weight is 212 g/mol. The summed E-state index contributed by atoms with van der Waals surface area (Å²) in [5.74, 6) is -0.792. The van der Waals surface area contributed by atoms with Crippen LogP contribution in [0.15, 0.2) is 18.2 Å². The topological polar surface area (TPSA) is 40.5 Å². The molecule has 1 aliphatic rings. The zero-order valence-electron chi connectivity index (χ0n) is 7.70. The lowest BCUT2D eigenvalue weighted by Gasteiger charge is -2.18. The smallest absolute Gasteiger partial charge is 0.326 e. The molecule has 14 heavy (non-hydrogen) atoms. The Morgan fingerprint density at radius 3 is 3.00 bits per heavy atom. The maximum atomic E-state index is 10.9. The molecule has 2 rings (SSSR count). The molecule has 74 valence electrons. The first-order valence-corrected chi connectivity index (χ1v) is 4.71. The number of fused-ring (bicyclic) bond motifs is 1. The van der Waals surface area contributed by atoms with Crippen LogP contribution in [0, 0.1) is 0 Å². The number of hydrogen-bond acceptors (Lipinski definition) is 2. The van der Waals surface area contributed by atoms with E-state index >= 15 is 0 Å². The molecule has 1 aromatic carbocycles. The van der Waals surface area contributed by atoms with Crippen LogP contribution in [0.25, 0.3) is 0 Å². The molecule has 0 bridgehead atoms. The van der Waals surface area contributed by atoms with Gasteiger partial charge in [-0.1, -0.05) is 11.6 Å². The summed E-state index contributed by atoms with van der Waals surface area (Å²) in [5, 5.41) is 9.61. The Morgan fingerprint density at radius 1 is 1.64 bits per heavy atom. The molecule has 0 saturated heterocycles. The molecule has 3 nitrogen and oxygen atoms in total. The fraction of sp³-hybridized carbons (Fsp3) is 0.300. The van der Waals surface area contributed by atoms with Crippen LogP contribution < -0.4 is 4.90 Å². The molecule has 0 saturated carbocycles. The van der Waals surface area contributed by atoms with Gasteiger partial charge in [0.1, 0.15) is 6.04 Å². The lowest BCUT2D eigenvalue weighted by molar-refractivity contribution is -0.138. The molecule has 0 aliphatic carbocycles. The normalized spacial score (nSPS) is 19.6. The molecule has 0 radical (unpaired) electrons. The van der Waals surface area contributed by atoms with Crippen LogP contribution in [0.4, 0.5) is 5.69 Å². The van der Waals surface area contributed by atoms with Gasteiger partial charge >= 0.3 is 5.97 Å². The fourth-order valence-corrected chi connectivity index (χ4v) is 2.02. The molecule has 0 aromatic heterocycles. The van der Waals surface area contributed by atoms with Gasteiger partial charge < -0.3 is 10.0 Å². The third-order valence-electron chi connectivity index (χ3n) is 2.59. The van der Waals surface area contributed by atoms with Crippen molar-refractivity contribution in [2.75, 3.05) is 11.9 Å². The zero-order valence-corrected chi connectivity index (χ0v) is 8.45. The summed E-state index contributed by atoms with van der Waals surface area (Å²) in [7, 11) is 1.79. The summed E-state index contributed by atoms with van der Waals surface area (Å²) in [4.78, 5) is 12.7. The highest BCUT2D eigenvalue weighted by Crippen LogP contribution is 2.32. The quantitative estimate of drug-likeness (QED) is 0.770. The Morgan fingerprint density at radius 2 is 2.36 bits per heavy atom. The van der Waals surface area contributed by atoms with Gasteiger partial charge in [-0.25, -0.2) is 4.79 Å². The monoisotopic (exact) mass is 211 g/mol. The lowest BCUT2D eigenvalue weighted by atomic mass is 10.1. The highest BCUT2D eigenvalue weighted by molar-refractivity contribution is 6.30. The van der Waals surface area contributed by atoms with Crippen molar-refractivity contribution < 1.29 is 9.90 Å². The van der Waals surface area contributed by atoms with Gasteiger partial charge in [-0.2, -0.15) is 0 Å². The van der Waals surface area contributed by atoms with Crippen molar-refractivity contribution in [1.82, 2.24) is 0 Å². The van der Waals surface area contributed by atoms with Crippen LogP contribution in [0.2, 0.25) is 5.02 Å². The Balaban J connectivity index is 2.40. The van der Waals surface area contributed by atoms with Gasteiger partial charge in [0.2, 0.25) is 0 Å². The second-order valence-corrected chi connectivity index (χ2v) is 3.88. The standard InChI is InChI=1S/C10H10ClNO2/c1-12-8-3-2-7(11)4-6(8)5-9(12)10(13)14/h2-4,9H,5H2,1H3,(H,13,14). The number of likely N-dealkylation sites (N-methyl/N-ethyl adjacent to an activating group) is 1. The zero-order chi connectivity index (χ0) is 10.3. The number of nitrogens with zero attached hydrogens (tertiary/aromatic N) is 1. The van der Waals surface area contributed by atoms with Crippen molar-refractivity contribution >= 4 is 23.3 Å². The van der Waals surface area contributed by atoms with Crippen molar-refractivity contribution in [2.45, 2.75) is 12.5 Å². The molecule has 1 aromatic rings. The predicted molar refractivity (Wildman–Crippen MR) is 55.0 cm³/mol. The second kappa shape index (κ2) is 3.17. The Hall–Kier alpha value is -1.22. The van der Waals surface area contributed by atoms with E-state index in [0.717, 1.165) is 11.3 Å². The van der Waals surface area contributed by atoms with Gasteiger partial charge in [-0.05, 0) is 23.8 Å². The largest absolute Gasteiger partial charge is 0.480 e. The van der Waals surface area contributed by atoms with Gasteiger partial charge in [0, 0.05) is 24.2 Å². The molecule has 4 heteroatoms. The molecular weight excluding hydrogens is 202 g/mol. The van der Waals surface area contributed by atoms with Gasteiger partial charge in [-0.15, -0.1) is 0 Å². The molecule has 1 atom stereocenters. The van der Waals surface area contributed by atoms with Crippen molar-refractivity contribution in [3.63, 3.8) is 0 Å². The molecule has 0 amide bonds. The fourth-order valence-electron chi connectivity index (χ4n) is 1.83. The maximum Gasteiger partial charge on any atom is 0.326 e. The van der Waals surface area contributed by atoms with Crippen LogP contribution in [-0.2, 0) is 11.2 Å². The van der Waals surface area contributed by atoms with Gasteiger partial charge in [0.05, 0.1) is 0 Å². The number of carboxylic acids is 1. The third kappa shape index (κ3) is 1.34. The summed E-state index contributed by atoms with van der Waals surface area (Å²) in [5.41, 5.74) is 1.97. The van der Waals surface area contributed by atoms with Crippen LogP contribution in [0.5, 0.6) is 0 Å². The number of carboxylic acid groups (broad SMARTS) is 1. The Bertz CT molecular complexity index is 392. The maximum absolute atomic E-state index is 10.9. The average Bonchev–Trinajstić information content (AvgIpc) is 2.43. The number of rotatable bonds is 1. The van der Waals surface area contributed by atoms with E-state index in [1.807, 2.05) is 12.1 Å². The van der Waals surface area contributed by atoms with E-state index < -0.39 is 12.0 Å². The number of carbonyl (C=O) groups is 1. The second-order valence-electron chi connectivity index (χ2n) is 3.44. The molecule has 0 spiro atoms. The molecule has 1 aliphatic heterocycles. The molecule has 1 unspecified atom stereocenters. The first-order chi connectivity index (χ1) is 6.59. The molecule has 0 fully saturated rings. The minimum Gasteiger partial charge on any atom is -0.480 e. The van der Waals surface area contributed by atoms with E-state index in [0.29, 0.717) is 11.4 Å². The van der Waals surface area contributed by atoms with Crippen LogP contribution in [-0.4, -0.2) is 24.2 Å². The number of anilines is 1. The number of hydrogen-bond donors (Lipinski definition) is 1. The minimum absolute atomic E-state index is 0.455. The minimum atomic E-state index is -0.792. The van der Waals surface area contributed by atoms with E-state index in [-0.39, 0.29) is 0 Å². The number of aliphatic carboxylic acids is 1. The molecule has 1 N–H and O–H groups in total. The predicted octanol–water partition coefficient (Wildman–Crippen LogP) is 1.79. The summed E-state index contributed by atoms with van der Waals surface area (Å²) in [6.45, 7) is 0. The van der Waals surface area contributed by atoms with Crippen LogP contribution >= 0.6 is 11.6 Å². The van der Waals surface area contributed by atoms with E-state index in [9.17, 15) is 4.79 Å². The van der Waals surface area contributed by atoms with Crippen molar-refractivity contribution in [1.29, 1.82) is 0 Å². The molecule has 1 heterocycles.